The summed E-state index contributed by atoms with van der Waals surface area (Å²) in [5.41, 5.74) is 0. The molecular formula is C25H46O7. The van der Waals surface area contributed by atoms with Crippen LogP contribution < -0.4 is 0 Å². The van der Waals surface area contributed by atoms with E-state index in [1.807, 2.05) is 0 Å². The van der Waals surface area contributed by atoms with E-state index in [1.165, 1.54) is 71.1 Å². The Morgan fingerprint density at radius 3 is 1.44 bits per heavy atom. The van der Waals surface area contributed by atoms with E-state index in [-0.39, 0.29) is 6.42 Å². The van der Waals surface area contributed by atoms with Crippen molar-refractivity contribution in [1.29, 1.82) is 0 Å². The summed E-state index contributed by atoms with van der Waals surface area (Å²) in [5, 5.41) is 29.4. The molecule has 0 saturated heterocycles. The van der Waals surface area contributed by atoms with Crippen LogP contribution in [0.15, 0.2) is 0 Å². The molecule has 0 rings (SSSR count). The summed E-state index contributed by atoms with van der Waals surface area (Å²) in [6.07, 6.45) is 9.93. The molecule has 0 amide bonds. The van der Waals surface area contributed by atoms with Gasteiger partial charge in [-0.2, -0.15) is 0 Å². The second-order valence-corrected chi connectivity index (χ2v) is 8.88. The first-order chi connectivity index (χ1) is 15.2. The Labute approximate surface area is 193 Å². The van der Waals surface area contributed by atoms with Crippen LogP contribution in [0.5, 0.6) is 0 Å². The maximum atomic E-state index is 12.4. The SMILES string of the molecule is CCCCCCCCCCCCCCCC[C@@H](OC(C)=O)C(=O)C(O)C(O)C(O)C(C)=O. The van der Waals surface area contributed by atoms with E-state index in [1.54, 1.807) is 0 Å². The van der Waals surface area contributed by atoms with Crippen molar-refractivity contribution in [3.8, 4) is 0 Å². The minimum absolute atomic E-state index is 0.233. The third-order valence-electron chi connectivity index (χ3n) is 5.80. The molecule has 3 N–H and O–H groups in total. The number of ketones is 2. The molecule has 0 spiro atoms. The van der Waals surface area contributed by atoms with Gasteiger partial charge in [-0.05, 0) is 19.8 Å². The van der Waals surface area contributed by atoms with Gasteiger partial charge < -0.3 is 20.1 Å². The van der Waals surface area contributed by atoms with Crippen molar-refractivity contribution >= 4 is 17.5 Å². The molecule has 4 atom stereocenters. The molecule has 0 heterocycles. The van der Waals surface area contributed by atoms with Crippen LogP contribution in [0, 0.1) is 0 Å². The minimum atomic E-state index is -2.00. The molecule has 0 aromatic carbocycles. The highest BCUT2D eigenvalue weighted by Crippen LogP contribution is 2.16. The second kappa shape index (κ2) is 19.2. The molecule has 0 aliphatic heterocycles. The fourth-order valence-electron chi connectivity index (χ4n) is 3.76. The maximum Gasteiger partial charge on any atom is 0.303 e. The fraction of sp³-hybridized carbons (Fsp3) is 0.880. The van der Waals surface area contributed by atoms with E-state index in [2.05, 4.69) is 6.92 Å². The summed E-state index contributed by atoms with van der Waals surface area (Å²) in [7, 11) is 0. The molecule has 188 valence electrons. The molecule has 0 aromatic heterocycles. The first-order valence-electron chi connectivity index (χ1n) is 12.5. The van der Waals surface area contributed by atoms with Crippen molar-refractivity contribution in [2.24, 2.45) is 0 Å². The summed E-state index contributed by atoms with van der Waals surface area (Å²) in [5.74, 6) is -2.33. The molecule has 0 fully saturated rings. The van der Waals surface area contributed by atoms with Gasteiger partial charge in [-0.3, -0.25) is 14.4 Å². The number of carbonyl (C=O) groups excluding carboxylic acids is 3. The van der Waals surface area contributed by atoms with Gasteiger partial charge in [-0.25, -0.2) is 0 Å². The summed E-state index contributed by atoms with van der Waals surface area (Å²) in [6, 6.07) is 0. The minimum Gasteiger partial charge on any atom is -0.454 e. The Morgan fingerprint density at radius 1 is 0.656 bits per heavy atom. The number of esters is 1. The lowest BCUT2D eigenvalue weighted by Gasteiger charge is -2.24. The molecule has 0 radical (unpaired) electrons. The van der Waals surface area contributed by atoms with Gasteiger partial charge >= 0.3 is 5.97 Å². The number of aliphatic hydroxyl groups excluding tert-OH is 3. The Hall–Kier alpha value is -1.31. The molecule has 7 heteroatoms. The largest absolute Gasteiger partial charge is 0.454 e. The highest BCUT2D eigenvalue weighted by molar-refractivity contribution is 5.90. The molecular weight excluding hydrogens is 412 g/mol. The molecule has 3 unspecified atom stereocenters. The predicted octanol–water partition coefficient (Wildman–Crippen LogP) is 4.03. The lowest BCUT2D eigenvalue weighted by atomic mass is 9.96. The average molecular weight is 459 g/mol. The van der Waals surface area contributed by atoms with Crippen LogP contribution in [-0.4, -0.2) is 57.3 Å². The quantitative estimate of drug-likeness (QED) is 0.175. The van der Waals surface area contributed by atoms with Crippen molar-refractivity contribution in [2.75, 3.05) is 0 Å². The van der Waals surface area contributed by atoms with Crippen molar-refractivity contribution < 1.29 is 34.4 Å². The van der Waals surface area contributed by atoms with Crippen molar-refractivity contribution in [2.45, 2.75) is 141 Å². The normalized spacial score (nSPS) is 15.1. The molecule has 0 bridgehead atoms. The van der Waals surface area contributed by atoms with Gasteiger partial charge in [0.25, 0.3) is 0 Å². The first-order valence-corrected chi connectivity index (χ1v) is 12.5. The van der Waals surface area contributed by atoms with Crippen LogP contribution in [0.1, 0.15) is 117 Å². The number of ether oxygens (including phenoxy) is 1. The van der Waals surface area contributed by atoms with Gasteiger partial charge in [0, 0.05) is 6.92 Å². The number of rotatable bonds is 21. The van der Waals surface area contributed by atoms with Gasteiger partial charge in [0.15, 0.2) is 11.9 Å². The van der Waals surface area contributed by atoms with E-state index < -0.39 is 42.0 Å². The van der Waals surface area contributed by atoms with E-state index in [4.69, 9.17) is 4.74 Å². The zero-order chi connectivity index (χ0) is 24.4. The topological polar surface area (TPSA) is 121 Å². The Bertz CT molecular complexity index is 520. The van der Waals surface area contributed by atoms with Gasteiger partial charge in [-0.1, -0.05) is 90.4 Å². The van der Waals surface area contributed by atoms with Gasteiger partial charge in [0.2, 0.25) is 5.78 Å². The van der Waals surface area contributed by atoms with Crippen LogP contribution in [0.2, 0.25) is 0 Å². The third kappa shape index (κ3) is 14.7. The molecule has 0 saturated carbocycles. The summed E-state index contributed by atoms with van der Waals surface area (Å²) >= 11 is 0. The summed E-state index contributed by atoms with van der Waals surface area (Å²) < 4.78 is 5.01. The zero-order valence-electron chi connectivity index (χ0n) is 20.4. The first kappa shape index (κ1) is 30.7. The molecule has 0 aliphatic carbocycles. The third-order valence-corrected chi connectivity index (χ3v) is 5.80. The fourth-order valence-corrected chi connectivity index (χ4v) is 3.76. The number of Topliss-reactive ketones (excluding diaryl/α,β-unsaturated/α-hetero) is 2. The van der Waals surface area contributed by atoms with Crippen LogP contribution >= 0.6 is 0 Å². The standard InChI is InChI=1S/C25H46O7/c1-4-5-6-7-8-9-10-11-12-13-14-15-16-17-18-21(32-20(3)27)23(29)25(31)24(30)22(28)19(2)26/h21-22,24-25,28,30-31H,4-18H2,1-3H3/t21-,22?,24?,25?/m1/s1. The number of aliphatic hydroxyl groups is 3. The second-order valence-electron chi connectivity index (χ2n) is 8.88. The number of carbonyl (C=O) groups is 3. The summed E-state index contributed by atoms with van der Waals surface area (Å²) in [4.78, 5) is 34.9. The van der Waals surface area contributed by atoms with Crippen LogP contribution in [0.4, 0.5) is 0 Å². The molecule has 0 aromatic rings. The number of hydrogen-bond acceptors (Lipinski definition) is 7. The molecule has 7 nitrogen and oxygen atoms in total. The zero-order valence-corrected chi connectivity index (χ0v) is 20.4. The van der Waals surface area contributed by atoms with Gasteiger partial charge in [-0.15, -0.1) is 0 Å². The van der Waals surface area contributed by atoms with Crippen LogP contribution in [0.3, 0.4) is 0 Å². The van der Waals surface area contributed by atoms with E-state index in [0.717, 1.165) is 26.2 Å². The van der Waals surface area contributed by atoms with Crippen LogP contribution in [0.25, 0.3) is 0 Å². The van der Waals surface area contributed by atoms with Gasteiger partial charge in [0.1, 0.15) is 18.3 Å². The molecule has 0 aliphatic rings. The van der Waals surface area contributed by atoms with Crippen molar-refractivity contribution in [3.05, 3.63) is 0 Å². The lowest BCUT2D eigenvalue weighted by Crippen LogP contribution is -2.49. The maximum absolute atomic E-state index is 12.4. The summed E-state index contributed by atoms with van der Waals surface area (Å²) in [6.45, 7) is 4.44. The lowest BCUT2D eigenvalue weighted by molar-refractivity contribution is -0.163. The predicted molar refractivity (Wildman–Crippen MR) is 124 cm³/mol. The number of hydrogen-bond donors (Lipinski definition) is 3. The highest BCUT2D eigenvalue weighted by Gasteiger charge is 2.37. The number of unbranched alkanes of at least 4 members (excludes halogenated alkanes) is 13. The monoisotopic (exact) mass is 458 g/mol. The Morgan fingerprint density at radius 2 is 1.06 bits per heavy atom. The highest BCUT2D eigenvalue weighted by atomic mass is 16.5. The smallest absolute Gasteiger partial charge is 0.303 e. The van der Waals surface area contributed by atoms with E-state index in [9.17, 15) is 29.7 Å². The Balaban J connectivity index is 4.04. The van der Waals surface area contributed by atoms with E-state index >= 15 is 0 Å². The molecule has 32 heavy (non-hydrogen) atoms. The van der Waals surface area contributed by atoms with Crippen LogP contribution in [-0.2, 0) is 19.1 Å². The van der Waals surface area contributed by atoms with Gasteiger partial charge in [0.05, 0.1) is 0 Å². The average Bonchev–Trinajstić information content (AvgIpc) is 2.76. The van der Waals surface area contributed by atoms with Crippen molar-refractivity contribution in [3.63, 3.8) is 0 Å². The van der Waals surface area contributed by atoms with Crippen molar-refractivity contribution in [1.82, 2.24) is 0 Å². The van der Waals surface area contributed by atoms with E-state index in [0.29, 0.717) is 6.42 Å². The Kier molecular flexibility index (Phi) is 18.4.